The minimum Gasteiger partial charge on any atom is -0.462 e. The summed E-state index contributed by atoms with van der Waals surface area (Å²) in [4.78, 5) is 15.7. The van der Waals surface area contributed by atoms with Gasteiger partial charge in [-0.25, -0.2) is 4.79 Å². The number of ether oxygens (including phenoxy) is 1. The zero-order valence-electron chi connectivity index (χ0n) is 10.9. The predicted molar refractivity (Wildman–Crippen MR) is 73.1 cm³/mol. The summed E-state index contributed by atoms with van der Waals surface area (Å²) in [7, 11) is 0. The molecule has 0 fully saturated rings. The van der Waals surface area contributed by atoms with Gasteiger partial charge in [0.25, 0.3) is 0 Å². The molecule has 0 aliphatic rings. The molecular weight excluding hydrogens is 242 g/mol. The van der Waals surface area contributed by atoms with E-state index >= 15 is 0 Å². The molecular formula is C15H15NO3. The molecule has 0 bridgehead atoms. The summed E-state index contributed by atoms with van der Waals surface area (Å²) in [5.74, 6) is 1.23. The fraction of sp³-hybridized carbons (Fsp3) is 0.200. The maximum Gasteiger partial charge on any atom is 0.338 e. The standard InChI is InChI=1S/C15H15NO3/c1-3-18-15(17)12-5-7-13(8-6-12)16-10-14-9-4-11(2)19-14/h4-10H,3H2,1-2H3/b16-10+. The van der Waals surface area contributed by atoms with Crippen molar-refractivity contribution in [3.63, 3.8) is 0 Å². The molecule has 0 aliphatic heterocycles. The molecule has 19 heavy (non-hydrogen) atoms. The van der Waals surface area contributed by atoms with Gasteiger partial charge in [-0.3, -0.25) is 4.99 Å². The highest BCUT2D eigenvalue weighted by molar-refractivity contribution is 5.89. The SMILES string of the molecule is CCOC(=O)c1ccc(/N=C/c2ccc(C)o2)cc1. The summed E-state index contributed by atoms with van der Waals surface area (Å²) >= 11 is 0. The van der Waals surface area contributed by atoms with Crippen molar-refractivity contribution < 1.29 is 13.9 Å². The first-order chi connectivity index (χ1) is 9.19. The van der Waals surface area contributed by atoms with E-state index in [1.165, 1.54) is 0 Å². The first kappa shape index (κ1) is 13.1. The fourth-order valence-electron chi connectivity index (χ4n) is 1.56. The molecule has 98 valence electrons. The Morgan fingerprint density at radius 3 is 2.58 bits per heavy atom. The number of aliphatic imine (C=N–C) groups is 1. The maximum atomic E-state index is 11.5. The van der Waals surface area contributed by atoms with Crippen molar-refractivity contribution in [2.24, 2.45) is 4.99 Å². The second kappa shape index (κ2) is 6.00. The van der Waals surface area contributed by atoms with Gasteiger partial charge in [-0.15, -0.1) is 0 Å². The number of esters is 1. The number of carbonyl (C=O) groups excluding carboxylic acids is 1. The topological polar surface area (TPSA) is 51.8 Å². The quantitative estimate of drug-likeness (QED) is 0.622. The van der Waals surface area contributed by atoms with Gasteiger partial charge in [-0.2, -0.15) is 0 Å². The van der Waals surface area contributed by atoms with Crippen LogP contribution in [0.1, 0.15) is 28.8 Å². The molecule has 0 amide bonds. The zero-order valence-corrected chi connectivity index (χ0v) is 10.9. The summed E-state index contributed by atoms with van der Waals surface area (Å²) in [6.45, 7) is 4.03. The van der Waals surface area contributed by atoms with Crippen LogP contribution in [0.5, 0.6) is 0 Å². The van der Waals surface area contributed by atoms with E-state index in [2.05, 4.69) is 4.99 Å². The number of furan rings is 1. The summed E-state index contributed by atoms with van der Waals surface area (Å²) in [5.41, 5.74) is 1.27. The van der Waals surface area contributed by atoms with Crippen LogP contribution in [0, 0.1) is 6.92 Å². The van der Waals surface area contributed by atoms with E-state index in [1.807, 2.05) is 19.1 Å². The average Bonchev–Trinajstić information content (AvgIpc) is 2.83. The number of carbonyl (C=O) groups is 1. The Hall–Kier alpha value is -2.36. The van der Waals surface area contributed by atoms with Gasteiger partial charge >= 0.3 is 5.97 Å². The molecule has 4 nitrogen and oxygen atoms in total. The van der Waals surface area contributed by atoms with Gasteiger partial charge in [-0.05, 0) is 50.2 Å². The van der Waals surface area contributed by atoms with Gasteiger partial charge in [0.05, 0.1) is 24.1 Å². The number of aryl methyl sites for hydroxylation is 1. The van der Waals surface area contributed by atoms with Crippen molar-refractivity contribution >= 4 is 17.9 Å². The second-order valence-corrected chi connectivity index (χ2v) is 3.97. The fourth-order valence-corrected chi connectivity index (χ4v) is 1.56. The zero-order chi connectivity index (χ0) is 13.7. The van der Waals surface area contributed by atoms with Crippen LogP contribution >= 0.6 is 0 Å². The summed E-state index contributed by atoms with van der Waals surface area (Å²) in [6, 6.07) is 10.6. The van der Waals surface area contributed by atoms with Crippen molar-refractivity contribution in [1.82, 2.24) is 0 Å². The van der Waals surface area contributed by atoms with Crippen LogP contribution in [-0.2, 0) is 4.74 Å². The summed E-state index contributed by atoms with van der Waals surface area (Å²) in [6.07, 6.45) is 1.65. The molecule has 2 rings (SSSR count). The number of rotatable bonds is 4. The lowest BCUT2D eigenvalue weighted by Crippen LogP contribution is -2.03. The van der Waals surface area contributed by atoms with Crippen LogP contribution in [0.3, 0.4) is 0 Å². The van der Waals surface area contributed by atoms with E-state index in [4.69, 9.17) is 9.15 Å². The lowest BCUT2D eigenvalue weighted by molar-refractivity contribution is 0.0526. The normalized spacial score (nSPS) is 10.8. The number of hydrogen-bond acceptors (Lipinski definition) is 4. The second-order valence-electron chi connectivity index (χ2n) is 3.97. The van der Waals surface area contributed by atoms with Gasteiger partial charge in [0, 0.05) is 0 Å². The van der Waals surface area contributed by atoms with Crippen molar-refractivity contribution in [1.29, 1.82) is 0 Å². The molecule has 0 aliphatic carbocycles. The average molecular weight is 257 g/mol. The van der Waals surface area contributed by atoms with Crippen molar-refractivity contribution in [2.45, 2.75) is 13.8 Å². The van der Waals surface area contributed by atoms with Crippen LogP contribution in [0.2, 0.25) is 0 Å². The van der Waals surface area contributed by atoms with Crippen LogP contribution in [0.15, 0.2) is 45.8 Å². The molecule has 0 saturated heterocycles. The van der Waals surface area contributed by atoms with Crippen molar-refractivity contribution in [3.05, 3.63) is 53.5 Å². The van der Waals surface area contributed by atoms with Gasteiger partial charge in [-0.1, -0.05) is 0 Å². The highest BCUT2D eigenvalue weighted by atomic mass is 16.5. The number of hydrogen-bond donors (Lipinski definition) is 0. The van der Waals surface area contributed by atoms with Crippen LogP contribution in [-0.4, -0.2) is 18.8 Å². The van der Waals surface area contributed by atoms with Crippen LogP contribution in [0.25, 0.3) is 0 Å². The van der Waals surface area contributed by atoms with Crippen molar-refractivity contribution in [3.8, 4) is 0 Å². The molecule has 2 aromatic rings. The first-order valence-corrected chi connectivity index (χ1v) is 6.06. The molecule has 0 spiro atoms. The Morgan fingerprint density at radius 2 is 2.00 bits per heavy atom. The Morgan fingerprint density at radius 1 is 1.26 bits per heavy atom. The largest absolute Gasteiger partial charge is 0.462 e. The highest BCUT2D eigenvalue weighted by Gasteiger charge is 2.04. The van der Waals surface area contributed by atoms with Crippen LogP contribution < -0.4 is 0 Å². The number of nitrogens with zero attached hydrogens (tertiary/aromatic N) is 1. The van der Waals surface area contributed by atoms with E-state index < -0.39 is 0 Å². The molecule has 0 saturated carbocycles. The maximum absolute atomic E-state index is 11.5. The molecule has 1 aromatic carbocycles. The van der Waals surface area contributed by atoms with E-state index in [0.29, 0.717) is 17.9 Å². The van der Waals surface area contributed by atoms with Crippen molar-refractivity contribution in [2.75, 3.05) is 6.61 Å². The highest BCUT2D eigenvalue weighted by Crippen LogP contribution is 2.14. The molecule has 0 N–H and O–H groups in total. The van der Waals surface area contributed by atoms with Gasteiger partial charge in [0.2, 0.25) is 0 Å². The van der Waals surface area contributed by atoms with Crippen LogP contribution in [0.4, 0.5) is 5.69 Å². The molecule has 1 heterocycles. The molecule has 4 heteroatoms. The number of benzene rings is 1. The lowest BCUT2D eigenvalue weighted by Gasteiger charge is -2.01. The third kappa shape index (κ3) is 3.55. The molecule has 0 radical (unpaired) electrons. The molecule has 0 unspecified atom stereocenters. The summed E-state index contributed by atoms with van der Waals surface area (Å²) in [5, 5.41) is 0. The third-order valence-corrected chi connectivity index (χ3v) is 2.48. The van der Waals surface area contributed by atoms with Gasteiger partial charge in [0.15, 0.2) is 0 Å². The van der Waals surface area contributed by atoms with E-state index in [1.54, 1.807) is 37.4 Å². The Labute approximate surface area is 111 Å². The Balaban J connectivity index is 2.06. The summed E-state index contributed by atoms with van der Waals surface area (Å²) < 4.78 is 10.3. The minimum absolute atomic E-state index is 0.320. The monoisotopic (exact) mass is 257 g/mol. The smallest absolute Gasteiger partial charge is 0.338 e. The van der Waals surface area contributed by atoms with Gasteiger partial charge < -0.3 is 9.15 Å². The third-order valence-electron chi connectivity index (χ3n) is 2.48. The van der Waals surface area contributed by atoms with Gasteiger partial charge in [0.1, 0.15) is 11.5 Å². The minimum atomic E-state index is -0.320. The van der Waals surface area contributed by atoms with E-state index in [0.717, 1.165) is 11.4 Å². The molecule has 1 aromatic heterocycles. The Kier molecular flexibility index (Phi) is 4.13. The first-order valence-electron chi connectivity index (χ1n) is 6.06. The lowest BCUT2D eigenvalue weighted by atomic mass is 10.2. The molecule has 0 atom stereocenters. The van der Waals surface area contributed by atoms with E-state index in [-0.39, 0.29) is 5.97 Å². The Bertz CT molecular complexity index is 582. The van der Waals surface area contributed by atoms with E-state index in [9.17, 15) is 4.79 Å². The predicted octanol–water partition coefficient (Wildman–Crippen LogP) is 3.52.